The van der Waals surface area contributed by atoms with Gasteiger partial charge in [0.2, 0.25) is 0 Å². The van der Waals surface area contributed by atoms with E-state index in [1.165, 1.54) is 43.5 Å². The molecular weight excluding hydrogens is 208 g/mol. The summed E-state index contributed by atoms with van der Waals surface area (Å²) >= 11 is 0. The van der Waals surface area contributed by atoms with Gasteiger partial charge in [0.1, 0.15) is 0 Å². The maximum absolute atomic E-state index is 3.56. The van der Waals surface area contributed by atoms with E-state index < -0.39 is 0 Å². The highest BCUT2D eigenvalue weighted by atomic mass is 15.2. The summed E-state index contributed by atoms with van der Waals surface area (Å²) in [5.41, 5.74) is 2.80. The molecule has 1 saturated carbocycles. The summed E-state index contributed by atoms with van der Waals surface area (Å²) in [6, 6.07) is 10.6. The first-order chi connectivity index (χ1) is 8.33. The van der Waals surface area contributed by atoms with Crippen LogP contribution in [0.4, 0.5) is 5.69 Å². The minimum Gasteiger partial charge on any atom is -0.369 e. The third kappa shape index (κ3) is 2.63. The molecule has 1 heterocycles. The van der Waals surface area contributed by atoms with Gasteiger partial charge in [-0.2, -0.15) is 0 Å². The topological polar surface area (TPSA) is 15.3 Å². The number of rotatable bonds is 4. The molecule has 17 heavy (non-hydrogen) atoms. The lowest BCUT2D eigenvalue weighted by atomic mass is 10.2. The van der Waals surface area contributed by atoms with Crippen LogP contribution in [0.15, 0.2) is 24.3 Å². The van der Waals surface area contributed by atoms with Crippen molar-refractivity contribution in [2.75, 3.05) is 11.4 Å². The second-order valence-electron chi connectivity index (χ2n) is 5.51. The normalized spacial score (nSPS) is 24.3. The maximum atomic E-state index is 3.56. The zero-order valence-corrected chi connectivity index (χ0v) is 10.7. The third-order valence-electron chi connectivity index (χ3n) is 3.99. The van der Waals surface area contributed by atoms with Crippen LogP contribution in [0.2, 0.25) is 0 Å². The lowest BCUT2D eigenvalue weighted by molar-refractivity contribution is 0.687. The monoisotopic (exact) mass is 230 g/mol. The van der Waals surface area contributed by atoms with Crippen LogP contribution >= 0.6 is 0 Å². The first kappa shape index (κ1) is 11.1. The molecule has 1 saturated heterocycles. The Morgan fingerprint density at radius 2 is 1.94 bits per heavy atom. The van der Waals surface area contributed by atoms with Gasteiger partial charge in [0.15, 0.2) is 0 Å². The smallest absolute Gasteiger partial charge is 0.0368 e. The highest BCUT2D eigenvalue weighted by Crippen LogP contribution is 2.25. The molecule has 1 N–H and O–H groups in total. The fraction of sp³-hybridized carbons (Fsp3) is 0.600. The van der Waals surface area contributed by atoms with E-state index in [-0.39, 0.29) is 0 Å². The number of anilines is 1. The van der Waals surface area contributed by atoms with Crippen molar-refractivity contribution >= 4 is 5.69 Å². The van der Waals surface area contributed by atoms with Crippen molar-refractivity contribution in [3.8, 4) is 0 Å². The molecule has 2 fully saturated rings. The summed E-state index contributed by atoms with van der Waals surface area (Å²) in [5, 5.41) is 3.56. The van der Waals surface area contributed by atoms with Crippen molar-refractivity contribution < 1.29 is 0 Å². The van der Waals surface area contributed by atoms with E-state index >= 15 is 0 Å². The summed E-state index contributed by atoms with van der Waals surface area (Å²) in [6.45, 7) is 4.58. The summed E-state index contributed by atoms with van der Waals surface area (Å²) < 4.78 is 0. The molecule has 1 aromatic carbocycles. The maximum Gasteiger partial charge on any atom is 0.0368 e. The molecule has 1 aliphatic heterocycles. The summed E-state index contributed by atoms with van der Waals surface area (Å²) in [7, 11) is 0. The highest BCUT2D eigenvalue weighted by Gasteiger charge is 2.21. The van der Waals surface area contributed by atoms with E-state index in [1.807, 2.05) is 0 Å². The predicted molar refractivity (Wildman–Crippen MR) is 72.3 cm³/mol. The number of hydrogen-bond donors (Lipinski definition) is 1. The van der Waals surface area contributed by atoms with Gasteiger partial charge in [-0.05, 0) is 50.3 Å². The molecule has 1 aromatic rings. The molecule has 2 heteroatoms. The summed E-state index contributed by atoms with van der Waals surface area (Å²) in [4.78, 5) is 2.53. The van der Waals surface area contributed by atoms with Crippen molar-refractivity contribution in [3.63, 3.8) is 0 Å². The van der Waals surface area contributed by atoms with Crippen LogP contribution in [0.3, 0.4) is 0 Å². The zero-order valence-electron chi connectivity index (χ0n) is 10.7. The van der Waals surface area contributed by atoms with Gasteiger partial charge in [0, 0.05) is 30.9 Å². The molecule has 0 radical (unpaired) electrons. The minimum atomic E-state index is 0.713. The minimum absolute atomic E-state index is 0.713. The number of hydrogen-bond acceptors (Lipinski definition) is 2. The molecule has 1 atom stereocenters. The fourth-order valence-electron chi connectivity index (χ4n) is 2.67. The molecule has 1 aliphatic carbocycles. The van der Waals surface area contributed by atoms with E-state index in [1.54, 1.807) is 0 Å². The van der Waals surface area contributed by atoms with Crippen molar-refractivity contribution in [1.29, 1.82) is 0 Å². The van der Waals surface area contributed by atoms with Gasteiger partial charge in [-0.3, -0.25) is 0 Å². The standard InChI is InChI=1S/C15H22N2/c1-12-3-2-10-17(12)15-8-4-13(5-9-15)11-16-14-6-7-14/h4-5,8-9,12,14,16H,2-3,6-7,10-11H2,1H3. The van der Waals surface area contributed by atoms with Crippen molar-refractivity contribution in [2.24, 2.45) is 0 Å². The molecule has 0 bridgehead atoms. The van der Waals surface area contributed by atoms with Crippen LogP contribution in [-0.2, 0) is 6.54 Å². The van der Waals surface area contributed by atoms with Crippen LogP contribution in [0.5, 0.6) is 0 Å². The van der Waals surface area contributed by atoms with Crippen LogP contribution in [0, 0.1) is 0 Å². The molecule has 2 aliphatic rings. The number of benzene rings is 1. The van der Waals surface area contributed by atoms with Gasteiger partial charge >= 0.3 is 0 Å². The van der Waals surface area contributed by atoms with E-state index in [2.05, 4.69) is 41.4 Å². The van der Waals surface area contributed by atoms with Crippen LogP contribution in [0.25, 0.3) is 0 Å². The molecular formula is C15H22N2. The van der Waals surface area contributed by atoms with Crippen LogP contribution < -0.4 is 10.2 Å². The Hall–Kier alpha value is -1.02. The van der Waals surface area contributed by atoms with E-state index in [9.17, 15) is 0 Å². The largest absolute Gasteiger partial charge is 0.369 e. The molecule has 2 nitrogen and oxygen atoms in total. The Morgan fingerprint density at radius 1 is 1.18 bits per heavy atom. The average Bonchev–Trinajstić information content (AvgIpc) is 3.09. The predicted octanol–water partition coefficient (Wildman–Crippen LogP) is 2.93. The van der Waals surface area contributed by atoms with Gasteiger partial charge in [-0.1, -0.05) is 12.1 Å². The lowest BCUT2D eigenvalue weighted by Crippen LogP contribution is -2.26. The molecule has 0 amide bonds. The van der Waals surface area contributed by atoms with Crippen molar-refractivity contribution in [3.05, 3.63) is 29.8 Å². The Balaban J connectivity index is 1.62. The van der Waals surface area contributed by atoms with Crippen LogP contribution in [0.1, 0.15) is 38.2 Å². The Bertz CT molecular complexity index is 367. The zero-order chi connectivity index (χ0) is 11.7. The van der Waals surface area contributed by atoms with Gasteiger partial charge in [0.05, 0.1) is 0 Å². The van der Waals surface area contributed by atoms with Crippen molar-refractivity contribution in [1.82, 2.24) is 5.32 Å². The average molecular weight is 230 g/mol. The van der Waals surface area contributed by atoms with Gasteiger partial charge < -0.3 is 10.2 Å². The van der Waals surface area contributed by atoms with Gasteiger partial charge in [-0.25, -0.2) is 0 Å². The summed E-state index contributed by atoms with van der Waals surface area (Å²) in [5.74, 6) is 0. The Labute approximate surface area is 104 Å². The Kier molecular flexibility index (Phi) is 3.06. The lowest BCUT2D eigenvalue weighted by Gasteiger charge is -2.23. The van der Waals surface area contributed by atoms with E-state index in [0.717, 1.165) is 12.6 Å². The van der Waals surface area contributed by atoms with Gasteiger partial charge in [0.25, 0.3) is 0 Å². The molecule has 0 aromatic heterocycles. The third-order valence-corrected chi connectivity index (χ3v) is 3.99. The van der Waals surface area contributed by atoms with Crippen molar-refractivity contribution in [2.45, 2.75) is 51.2 Å². The Morgan fingerprint density at radius 3 is 2.53 bits per heavy atom. The first-order valence-corrected chi connectivity index (χ1v) is 6.92. The first-order valence-electron chi connectivity index (χ1n) is 6.92. The highest BCUT2D eigenvalue weighted by molar-refractivity contribution is 5.49. The van der Waals surface area contributed by atoms with E-state index in [4.69, 9.17) is 0 Å². The molecule has 92 valence electrons. The summed E-state index contributed by atoms with van der Waals surface area (Å²) in [6.07, 6.45) is 5.41. The number of nitrogens with one attached hydrogen (secondary N) is 1. The quantitative estimate of drug-likeness (QED) is 0.855. The van der Waals surface area contributed by atoms with Gasteiger partial charge in [-0.15, -0.1) is 0 Å². The second-order valence-corrected chi connectivity index (χ2v) is 5.51. The molecule has 0 spiro atoms. The van der Waals surface area contributed by atoms with Crippen LogP contribution in [-0.4, -0.2) is 18.6 Å². The fourth-order valence-corrected chi connectivity index (χ4v) is 2.67. The van der Waals surface area contributed by atoms with E-state index in [0.29, 0.717) is 6.04 Å². The number of nitrogens with zero attached hydrogens (tertiary/aromatic N) is 1. The second kappa shape index (κ2) is 4.69. The molecule has 3 rings (SSSR count). The molecule has 1 unspecified atom stereocenters. The SMILES string of the molecule is CC1CCCN1c1ccc(CNC2CC2)cc1.